The number of anilines is 1. The topological polar surface area (TPSA) is 93.8 Å². The first kappa shape index (κ1) is 13.2. The van der Waals surface area contributed by atoms with Crippen molar-refractivity contribution >= 4 is 23.2 Å². The molecule has 0 unspecified atom stereocenters. The van der Waals surface area contributed by atoms with E-state index in [4.69, 9.17) is 16.0 Å². The van der Waals surface area contributed by atoms with Crippen molar-refractivity contribution in [3.05, 3.63) is 53.9 Å². The predicted octanol–water partition coefficient (Wildman–Crippen LogP) is 2.43. The van der Waals surface area contributed by atoms with Crippen LogP contribution >= 0.6 is 11.6 Å². The molecular formula is C13H8ClN5O2. The van der Waals surface area contributed by atoms with E-state index in [0.717, 1.165) is 5.56 Å². The van der Waals surface area contributed by atoms with Gasteiger partial charge in [0.1, 0.15) is 10.8 Å². The van der Waals surface area contributed by atoms with Crippen LogP contribution in [0.1, 0.15) is 10.5 Å². The van der Waals surface area contributed by atoms with Gasteiger partial charge in [0.15, 0.2) is 0 Å². The van der Waals surface area contributed by atoms with E-state index in [9.17, 15) is 4.79 Å². The Hall–Kier alpha value is -2.80. The van der Waals surface area contributed by atoms with Crippen molar-refractivity contribution in [2.75, 3.05) is 5.32 Å². The number of carbonyl (C=O) groups excluding carboxylic acids is 1. The number of amides is 1. The third-order valence-electron chi connectivity index (χ3n) is 2.59. The Kier molecular flexibility index (Phi) is 3.57. The van der Waals surface area contributed by atoms with E-state index in [0.29, 0.717) is 11.6 Å². The number of nitrogens with one attached hydrogen (secondary N) is 1. The molecule has 1 N–H and O–H groups in total. The summed E-state index contributed by atoms with van der Waals surface area (Å²) >= 11 is 5.69. The molecule has 21 heavy (non-hydrogen) atoms. The minimum atomic E-state index is -0.393. The molecule has 3 aromatic rings. The minimum Gasteiger partial charge on any atom is -0.423 e. The van der Waals surface area contributed by atoms with E-state index in [1.807, 2.05) is 0 Å². The number of halogens is 1. The smallest absolute Gasteiger partial charge is 0.275 e. The first-order chi connectivity index (χ1) is 10.2. The molecule has 2 heterocycles. The molecule has 0 radical (unpaired) electrons. The Morgan fingerprint density at radius 3 is 2.67 bits per heavy atom. The highest BCUT2D eigenvalue weighted by molar-refractivity contribution is 6.29. The number of hydrogen-bond acceptors (Lipinski definition) is 6. The summed E-state index contributed by atoms with van der Waals surface area (Å²) in [6, 6.07) is 6.95. The highest BCUT2D eigenvalue weighted by Gasteiger charge is 2.09. The van der Waals surface area contributed by atoms with E-state index in [1.165, 1.54) is 18.8 Å². The predicted molar refractivity (Wildman–Crippen MR) is 74.7 cm³/mol. The Balaban J connectivity index is 1.75. The normalized spacial score (nSPS) is 10.3. The SMILES string of the molecule is O=C(Nc1ccc(-c2nnco2)cc1)c1cncc(Cl)n1. The lowest BCUT2D eigenvalue weighted by molar-refractivity contribution is 0.102. The van der Waals surface area contributed by atoms with Gasteiger partial charge in [-0.3, -0.25) is 9.78 Å². The van der Waals surface area contributed by atoms with E-state index < -0.39 is 5.91 Å². The van der Waals surface area contributed by atoms with Gasteiger partial charge in [0.25, 0.3) is 5.91 Å². The average Bonchev–Trinajstić information content (AvgIpc) is 3.02. The quantitative estimate of drug-likeness (QED) is 0.798. The molecule has 0 atom stereocenters. The van der Waals surface area contributed by atoms with Gasteiger partial charge >= 0.3 is 0 Å². The zero-order valence-corrected chi connectivity index (χ0v) is 11.3. The zero-order chi connectivity index (χ0) is 14.7. The fourth-order valence-electron chi connectivity index (χ4n) is 1.64. The van der Waals surface area contributed by atoms with E-state index in [-0.39, 0.29) is 10.8 Å². The number of rotatable bonds is 3. The molecule has 0 fully saturated rings. The number of nitrogens with zero attached hydrogens (tertiary/aromatic N) is 4. The van der Waals surface area contributed by atoms with Crippen molar-refractivity contribution in [3.63, 3.8) is 0 Å². The third kappa shape index (κ3) is 3.03. The number of hydrogen-bond donors (Lipinski definition) is 1. The molecule has 0 aliphatic rings. The highest BCUT2D eigenvalue weighted by atomic mass is 35.5. The molecular weight excluding hydrogens is 294 g/mol. The van der Waals surface area contributed by atoms with Crippen LogP contribution in [0.25, 0.3) is 11.5 Å². The van der Waals surface area contributed by atoms with Crippen LogP contribution in [0.5, 0.6) is 0 Å². The van der Waals surface area contributed by atoms with Gasteiger partial charge in [0, 0.05) is 11.3 Å². The van der Waals surface area contributed by atoms with E-state index >= 15 is 0 Å². The Morgan fingerprint density at radius 2 is 2.00 bits per heavy atom. The minimum absolute atomic E-state index is 0.142. The lowest BCUT2D eigenvalue weighted by atomic mass is 10.2. The molecule has 8 heteroatoms. The fraction of sp³-hybridized carbons (Fsp3) is 0. The van der Waals surface area contributed by atoms with Crippen LogP contribution in [0.15, 0.2) is 47.5 Å². The number of aromatic nitrogens is 4. The van der Waals surface area contributed by atoms with Gasteiger partial charge in [0.05, 0.1) is 12.4 Å². The van der Waals surface area contributed by atoms with Gasteiger partial charge in [-0.25, -0.2) is 4.98 Å². The van der Waals surface area contributed by atoms with Crippen molar-refractivity contribution in [2.45, 2.75) is 0 Å². The van der Waals surface area contributed by atoms with Gasteiger partial charge in [-0.15, -0.1) is 10.2 Å². The van der Waals surface area contributed by atoms with Crippen LogP contribution in [0.2, 0.25) is 5.15 Å². The van der Waals surface area contributed by atoms with Crippen molar-refractivity contribution < 1.29 is 9.21 Å². The molecule has 3 rings (SSSR count). The molecule has 0 bridgehead atoms. The van der Waals surface area contributed by atoms with Crippen LogP contribution in [-0.2, 0) is 0 Å². The molecule has 1 aromatic carbocycles. The molecule has 0 saturated carbocycles. The maximum atomic E-state index is 12.0. The maximum Gasteiger partial charge on any atom is 0.275 e. The highest BCUT2D eigenvalue weighted by Crippen LogP contribution is 2.19. The van der Waals surface area contributed by atoms with Gasteiger partial charge in [-0.2, -0.15) is 0 Å². The van der Waals surface area contributed by atoms with Gasteiger partial charge < -0.3 is 9.73 Å². The summed E-state index contributed by atoms with van der Waals surface area (Å²) in [6.45, 7) is 0. The molecule has 0 spiro atoms. The lowest BCUT2D eigenvalue weighted by Crippen LogP contribution is -2.13. The molecule has 1 amide bonds. The molecule has 7 nitrogen and oxygen atoms in total. The molecule has 104 valence electrons. The Bertz CT molecular complexity index is 758. The lowest BCUT2D eigenvalue weighted by Gasteiger charge is -2.05. The Morgan fingerprint density at radius 1 is 1.19 bits per heavy atom. The molecule has 0 aliphatic heterocycles. The Labute approximate surface area is 124 Å². The molecule has 2 aromatic heterocycles. The maximum absolute atomic E-state index is 12.0. The van der Waals surface area contributed by atoms with Crippen molar-refractivity contribution in [3.8, 4) is 11.5 Å². The second-order valence-corrected chi connectivity index (χ2v) is 4.39. The first-order valence-electron chi connectivity index (χ1n) is 5.88. The van der Waals surface area contributed by atoms with Gasteiger partial charge in [-0.05, 0) is 24.3 Å². The third-order valence-corrected chi connectivity index (χ3v) is 2.77. The van der Waals surface area contributed by atoms with Crippen LogP contribution in [-0.4, -0.2) is 26.1 Å². The summed E-state index contributed by atoms with van der Waals surface area (Å²) in [5.74, 6) is 0.0177. The monoisotopic (exact) mass is 301 g/mol. The molecule has 0 aliphatic carbocycles. The zero-order valence-electron chi connectivity index (χ0n) is 10.5. The number of benzene rings is 1. The second kappa shape index (κ2) is 5.68. The van der Waals surface area contributed by atoms with Gasteiger partial charge in [-0.1, -0.05) is 11.6 Å². The first-order valence-corrected chi connectivity index (χ1v) is 6.26. The summed E-state index contributed by atoms with van der Waals surface area (Å²) < 4.78 is 5.08. The number of carbonyl (C=O) groups is 1. The summed E-state index contributed by atoms with van der Waals surface area (Å²) in [6.07, 6.45) is 3.95. The van der Waals surface area contributed by atoms with Gasteiger partial charge in [0.2, 0.25) is 12.3 Å². The van der Waals surface area contributed by atoms with Crippen LogP contribution in [0.4, 0.5) is 5.69 Å². The van der Waals surface area contributed by atoms with E-state index in [1.54, 1.807) is 24.3 Å². The largest absolute Gasteiger partial charge is 0.423 e. The van der Waals surface area contributed by atoms with Crippen LogP contribution in [0, 0.1) is 0 Å². The van der Waals surface area contributed by atoms with Crippen LogP contribution in [0.3, 0.4) is 0 Å². The second-order valence-electron chi connectivity index (χ2n) is 4.00. The van der Waals surface area contributed by atoms with Crippen molar-refractivity contribution in [1.29, 1.82) is 0 Å². The van der Waals surface area contributed by atoms with Crippen molar-refractivity contribution in [2.24, 2.45) is 0 Å². The van der Waals surface area contributed by atoms with E-state index in [2.05, 4.69) is 25.5 Å². The molecule has 0 saturated heterocycles. The fourth-order valence-corrected chi connectivity index (χ4v) is 1.79. The standard InChI is InChI=1S/C13H8ClN5O2/c14-11-6-15-5-10(18-11)12(20)17-9-3-1-8(2-4-9)13-19-16-7-21-13/h1-7H,(H,17,20). The summed E-state index contributed by atoms with van der Waals surface area (Å²) in [5.41, 5.74) is 1.50. The summed E-state index contributed by atoms with van der Waals surface area (Å²) in [7, 11) is 0. The van der Waals surface area contributed by atoms with Crippen LogP contribution < -0.4 is 5.32 Å². The summed E-state index contributed by atoms with van der Waals surface area (Å²) in [5, 5.41) is 10.3. The van der Waals surface area contributed by atoms with Crippen molar-refractivity contribution in [1.82, 2.24) is 20.2 Å². The summed E-state index contributed by atoms with van der Waals surface area (Å²) in [4.78, 5) is 19.7. The average molecular weight is 302 g/mol.